The normalized spacial score (nSPS) is 16.8. The van der Waals surface area contributed by atoms with Crippen LogP contribution in [-0.4, -0.2) is 24.2 Å². The summed E-state index contributed by atoms with van der Waals surface area (Å²) in [6.45, 7) is 3.72. The van der Waals surface area contributed by atoms with Crippen molar-refractivity contribution in [3.8, 4) is 0 Å². The fraction of sp³-hybridized carbons (Fsp3) is 0.462. The van der Waals surface area contributed by atoms with Gasteiger partial charge < -0.3 is 15.8 Å². The molecule has 1 fully saturated rings. The molecule has 1 aromatic rings. The third-order valence-corrected chi connectivity index (χ3v) is 3.24. The average Bonchev–Trinajstić information content (AvgIpc) is 2.30. The Labute approximate surface area is 107 Å². The van der Waals surface area contributed by atoms with Crippen molar-refractivity contribution in [2.45, 2.75) is 25.8 Å². The molecule has 17 heavy (non-hydrogen) atoms. The minimum absolute atomic E-state index is 0.444. The molecule has 92 valence electrons. The van der Waals surface area contributed by atoms with E-state index in [9.17, 15) is 0 Å². The number of nitrogens with one attached hydrogen (secondary N) is 1. The first-order valence-electron chi connectivity index (χ1n) is 5.91. The van der Waals surface area contributed by atoms with E-state index >= 15 is 0 Å². The van der Waals surface area contributed by atoms with E-state index in [1.165, 1.54) is 5.56 Å². The van der Waals surface area contributed by atoms with Gasteiger partial charge in [0.25, 0.3) is 0 Å². The van der Waals surface area contributed by atoms with Gasteiger partial charge in [-0.25, -0.2) is 0 Å². The van der Waals surface area contributed by atoms with Crippen LogP contribution in [0.25, 0.3) is 0 Å². The van der Waals surface area contributed by atoms with Gasteiger partial charge in [0, 0.05) is 30.5 Å². The Kier molecular flexibility index (Phi) is 3.97. The van der Waals surface area contributed by atoms with Crippen LogP contribution >= 0.6 is 12.2 Å². The van der Waals surface area contributed by atoms with Crippen molar-refractivity contribution >= 4 is 22.9 Å². The summed E-state index contributed by atoms with van der Waals surface area (Å²) in [6, 6.07) is 6.58. The predicted octanol–water partition coefficient (Wildman–Crippen LogP) is 2.22. The van der Waals surface area contributed by atoms with Gasteiger partial charge in [0.2, 0.25) is 0 Å². The maximum absolute atomic E-state index is 5.74. The molecule has 3 nitrogen and oxygen atoms in total. The predicted molar refractivity (Wildman–Crippen MR) is 74.5 cm³/mol. The standard InChI is InChI=1S/C13H18N2OS/c1-9-2-3-11(13(14)17)12(8-9)15-10-4-6-16-7-5-10/h2-3,8,10,15H,4-7H2,1H3,(H2,14,17). The number of hydrogen-bond acceptors (Lipinski definition) is 3. The van der Waals surface area contributed by atoms with E-state index in [0.29, 0.717) is 11.0 Å². The van der Waals surface area contributed by atoms with Crippen molar-refractivity contribution in [3.63, 3.8) is 0 Å². The maximum atomic E-state index is 5.74. The first-order valence-corrected chi connectivity index (χ1v) is 6.32. The number of anilines is 1. The van der Waals surface area contributed by atoms with Crippen molar-refractivity contribution in [2.75, 3.05) is 18.5 Å². The lowest BCUT2D eigenvalue weighted by Crippen LogP contribution is -2.29. The Morgan fingerprint density at radius 3 is 2.76 bits per heavy atom. The van der Waals surface area contributed by atoms with Crippen LogP contribution < -0.4 is 11.1 Å². The summed E-state index contributed by atoms with van der Waals surface area (Å²) in [5, 5.41) is 3.52. The van der Waals surface area contributed by atoms with Crippen LogP contribution in [0.1, 0.15) is 24.0 Å². The summed E-state index contributed by atoms with van der Waals surface area (Å²) < 4.78 is 5.35. The highest BCUT2D eigenvalue weighted by Crippen LogP contribution is 2.21. The average molecular weight is 250 g/mol. The second-order valence-electron chi connectivity index (χ2n) is 4.44. The molecule has 1 aliphatic rings. The minimum Gasteiger partial charge on any atom is -0.389 e. The van der Waals surface area contributed by atoms with E-state index in [1.807, 2.05) is 12.1 Å². The van der Waals surface area contributed by atoms with Gasteiger partial charge >= 0.3 is 0 Å². The smallest absolute Gasteiger partial charge is 0.106 e. The van der Waals surface area contributed by atoms with Gasteiger partial charge in [0.1, 0.15) is 4.99 Å². The van der Waals surface area contributed by atoms with Gasteiger partial charge in [0.05, 0.1) is 0 Å². The molecule has 0 unspecified atom stereocenters. The molecule has 3 N–H and O–H groups in total. The topological polar surface area (TPSA) is 47.3 Å². The number of hydrogen-bond donors (Lipinski definition) is 2. The van der Waals surface area contributed by atoms with E-state index in [0.717, 1.165) is 37.3 Å². The highest BCUT2D eigenvalue weighted by molar-refractivity contribution is 7.80. The second-order valence-corrected chi connectivity index (χ2v) is 4.88. The Morgan fingerprint density at radius 2 is 2.12 bits per heavy atom. The number of thiocarbonyl (C=S) groups is 1. The van der Waals surface area contributed by atoms with Gasteiger partial charge in [-0.3, -0.25) is 0 Å². The summed E-state index contributed by atoms with van der Waals surface area (Å²) >= 11 is 5.07. The Hall–Kier alpha value is -1.13. The van der Waals surface area contributed by atoms with Crippen LogP contribution in [0.15, 0.2) is 18.2 Å². The van der Waals surface area contributed by atoms with Gasteiger partial charge in [-0.2, -0.15) is 0 Å². The monoisotopic (exact) mass is 250 g/mol. The van der Waals surface area contributed by atoms with E-state index in [1.54, 1.807) is 0 Å². The molecule has 0 saturated carbocycles. The molecule has 4 heteroatoms. The summed E-state index contributed by atoms with van der Waals surface area (Å²) in [7, 11) is 0. The number of rotatable bonds is 3. The van der Waals surface area contributed by atoms with Crippen molar-refractivity contribution in [2.24, 2.45) is 5.73 Å². The van der Waals surface area contributed by atoms with Gasteiger partial charge in [-0.15, -0.1) is 0 Å². The summed E-state index contributed by atoms with van der Waals surface area (Å²) in [4.78, 5) is 0.444. The lowest BCUT2D eigenvalue weighted by atomic mass is 10.1. The number of aryl methyl sites for hydroxylation is 1. The Morgan fingerprint density at radius 1 is 1.41 bits per heavy atom. The Bertz CT molecular complexity index is 414. The summed E-state index contributed by atoms with van der Waals surface area (Å²) in [5.41, 5.74) is 8.92. The molecule has 1 aromatic carbocycles. The summed E-state index contributed by atoms with van der Waals surface area (Å²) in [6.07, 6.45) is 2.06. The largest absolute Gasteiger partial charge is 0.389 e. The lowest BCUT2D eigenvalue weighted by molar-refractivity contribution is 0.0904. The zero-order valence-corrected chi connectivity index (χ0v) is 10.8. The van der Waals surface area contributed by atoms with Crippen LogP contribution in [0, 0.1) is 6.92 Å². The quantitative estimate of drug-likeness (QED) is 0.808. The third kappa shape index (κ3) is 3.17. The fourth-order valence-electron chi connectivity index (χ4n) is 2.05. The second kappa shape index (κ2) is 5.47. The lowest BCUT2D eigenvalue weighted by Gasteiger charge is -2.25. The summed E-state index contributed by atoms with van der Waals surface area (Å²) in [5.74, 6) is 0. The van der Waals surface area contributed by atoms with Crippen molar-refractivity contribution in [1.29, 1.82) is 0 Å². The van der Waals surface area contributed by atoms with Crippen molar-refractivity contribution in [3.05, 3.63) is 29.3 Å². The Balaban J connectivity index is 2.17. The number of ether oxygens (including phenoxy) is 1. The van der Waals surface area contributed by atoms with E-state index in [-0.39, 0.29) is 0 Å². The highest BCUT2D eigenvalue weighted by Gasteiger charge is 2.15. The first kappa shape index (κ1) is 12.3. The maximum Gasteiger partial charge on any atom is 0.106 e. The molecule has 0 bridgehead atoms. The molecule has 0 atom stereocenters. The SMILES string of the molecule is Cc1ccc(C(N)=S)c(NC2CCOCC2)c1. The molecule has 2 rings (SSSR count). The van der Waals surface area contributed by atoms with Gasteiger partial charge in [-0.1, -0.05) is 18.3 Å². The fourth-order valence-corrected chi connectivity index (χ4v) is 2.23. The van der Waals surface area contributed by atoms with E-state index in [2.05, 4.69) is 18.3 Å². The van der Waals surface area contributed by atoms with Crippen LogP contribution in [0.3, 0.4) is 0 Å². The molecule has 0 amide bonds. The first-order chi connectivity index (χ1) is 8.16. The molecule has 1 aliphatic heterocycles. The zero-order valence-electron chi connectivity index (χ0n) is 10.0. The van der Waals surface area contributed by atoms with Crippen molar-refractivity contribution in [1.82, 2.24) is 0 Å². The number of nitrogens with two attached hydrogens (primary N) is 1. The van der Waals surface area contributed by atoms with Crippen molar-refractivity contribution < 1.29 is 4.74 Å². The molecule has 1 heterocycles. The third-order valence-electron chi connectivity index (χ3n) is 3.02. The van der Waals surface area contributed by atoms with Gasteiger partial charge in [-0.05, 0) is 37.5 Å². The van der Waals surface area contributed by atoms with Crippen LogP contribution in [0.5, 0.6) is 0 Å². The molecular weight excluding hydrogens is 232 g/mol. The van der Waals surface area contributed by atoms with E-state index < -0.39 is 0 Å². The zero-order chi connectivity index (χ0) is 12.3. The number of benzene rings is 1. The molecular formula is C13H18N2OS. The van der Waals surface area contributed by atoms with E-state index in [4.69, 9.17) is 22.7 Å². The minimum atomic E-state index is 0.444. The van der Waals surface area contributed by atoms with Crippen LogP contribution in [0.2, 0.25) is 0 Å². The molecule has 0 aromatic heterocycles. The molecule has 1 saturated heterocycles. The van der Waals surface area contributed by atoms with Crippen LogP contribution in [0.4, 0.5) is 5.69 Å². The highest BCUT2D eigenvalue weighted by atomic mass is 32.1. The molecule has 0 aliphatic carbocycles. The van der Waals surface area contributed by atoms with Crippen LogP contribution in [-0.2, 0) is 4.74 Å². The van der Waals surface area contributed by atoms with Gasteiger partial charge in [0.15, 0.2) is 0 Å². The molecule has 0 spiro atoms. The molecule has 0 radical (unpaired) electrons.